The molecule has 0 amide bonds. The van der Waals surface area contributed by atoms with E-state index in [1.807, 2.05) is 0 Å². The first kappa shape index (κ1) is 11.4. The normalized spacial score (nSPS) is 37.0. The van der Waals surface area contributed by atoms with Gasteiger partial charge in [0.15, 0.2) is 0 Å². The monoisotopic (exact) mass is 213 g/mol. The largest absolute Gasteiger partial charge is 0.393 e. The van der Waals surface area contributed by atoms with Crippen molar-refractivity contribution in [3.8, 4) is 0 Å². The predicted molar refractivity (Wildman–Crippen MR) is 59.8 cm³/mol. The molecule has 0 aromatic rings. The third kappa shape index (κ3) is 3.74. The van der Waals surface area contributed by atoms with Crippen LogP contribution in [0.5, 0.6) is 0 Å². The third-order valence-electron chi connectivity index (χ3n) is 3.59. The van der Waals surface area contributed by atoms with Crippen LogP contribution in [0.15, 0.2) is 0 Å². The van der Waals surface area contributed by atoms with Gasteiger partial charge in [-0.15, -0.1) is 0 Å². The Morgan fingerprint density at radius 1 is 1.13 bits per heavy atom. The van der Waals surface area contributed by atoms with Crippen molar-refractivity contribution in [1.29, 1.82) is 0 Å². The zero-order chi connectivity index (χ0) is 10.5. The van der Waals surface area contributed by atoms with Gasteiger partial charge in [-0.2, -0.15) is 0 Å². The minimum absolute atomic E-state index is 0.0391. The molecule has 0 aromatic carbocycles. The molecule has 15 heavy (non-hydrogen) atoms. The zero-order valence-corrected chi connectivity index (χ0v) is 9.45. The van der Waals surface area contributed by atoms with Crippen LogP contribution >= 0.6 is 0 Å². The molecule has 3 nitrogen and oxygen atoms in total. The lowest BCUT2D eigenvalue weighted by Crippen LogP contribution is -2.34. The lowest BCUT2D eigenvalue weighted by Gasteiger charge is -2.23. The number of aliphatic hydroxyl groups excluding tert-OH is 1. The van der Waals surface area contributed by atoms with E-state index in [1.165, 1.54) is 25.7 Å². The van der Waals surface area contributed by atoms with Gasteiger partial charge in [0.2, 0.25) is 0 Å². The van der Waals surface area contributed by atoms with Crippen LogP contribution in [0.3, 0.4) is 0 Å². The van der Waals surface area contributed by atoms with E-state index in [0.717, 1.165) is 32.5 Å². The first-order valence-electron chi connectivity index (χ1n) is 6.35. The van der Waals surface area contributed by atoms with Crippen LogP contribution < -0.4 is 5.32 Å². The van der Waals surface area contributed by atoms with E-state index >= 15 is 0 Å². The molecular formula is C12H23NO2. The maximum absolute atomic E-state index is 9.40. The molecule has 3 unspecified atom stereocenters. The Balaban J connectivity index is 1.54. The van der Waals surface area contributed by atoms with Crippen LogP contribution in [0.25, 0.3) is 0 Å². The van der Waals surface area contributed by atoms with E-state index in [1.54, 1.807) is 0 Å². The van der Waals surface area contributed by atoms with Gasteiger partial charge < -0.3 is 15.2 Å². The number of rotatable bonds is 4. The van der Waals surface area contributed by atoms with Gasteiger partial charge in [0.1, 0.15) is 0 Å². The second-order valence-electron chi connectivity index (χ2n) is 4.98. The highest BCUT2D eigenvalue weighted by atomic mass is 16.5. The maximum atomic E-state index is 9.40. The molecule has 1 heterocycles. The average molecular weight is 213 g/mol. The molecule has 3 atom stereocenters. The maximum Gasteiger partial charge on any atom is 0.0699 e. The topological polar surface area (TPSA) is 41.5 Å². The summed E-state index contributed by atoms with van der Waals surface area (Å²) in [6.45, 7) is 2.98. The van der Waals surface area contributed by atoms with E-state index in [4.69, 9.17) is 4.74 Å². The van der Waals surface area contributed by atoms with Crippen molar-refractivity contribution in [2.24, 2.45) is 5.92 Å². The molecule has 0 bridgehead atoms. The zero-order valence-electron chi connectivity index (χ0n) is 9.45. The summed E-state index contributed by atoms with van der Waals surface area (Å²) in [5.74, 6) is 0.684. The van der Waals surface area contributed by atoms with E-state index < -0.39 is 0 Å². The highest BCUT2D eigenvalue weighted by Gasteiger charge is 2.22. The van der Waals surface area contributed by atoms with Crippen LogP contribution in [0, 0.1) is 5.92 Å². The molecule has 2 aliphatic rings. The summed E-state index contributed by atoms with van der Waals surface area (Å²) < 4.78 is 5.65. The Morgan fingerprint density at radius 2 is 2.07 bits per heavy atom. The van der Waals surface area contributed by atoms with Gasteiger partial charge in [-0.3, -0.25) is 0 Å². The summed E-state index contributed by atoms with van der Waals surface area (Å²) in [5, 5.41) is 12.9. The molecule has 2 N–H and O–H groups in total. The number of aliphatic hydroxyl groups is 1. The minimum Gasteiger partial charge on any atom is -0.393 e. The third-order valence-corrected chi connectivity index (χ3v) is 3.59. The first-order valence-corrected chi connectivity index (χ1v) is 6.35. The number of hydrogen-bond donors (Lipinski definition) is 2. The highest BCUT2D eigenvalue weighted by Crippen LogP contribution is 2.24. The van der Waals surface area contributed by atoms with E-state index in [2.05, 4.69) is 5.32 Å². The van der Waals surface area contributed by atoms with Gasteiger partial charge in [-0.25, -0.2) is 0 Å². The molecule has 3 heteroatoms. The molecule has 0 radical (unpaired) electrons. The van der Waals surface area contributed by atoms with Crippen molar-refractivity contribution < 1.29 is 9.84 Å². The van der Waals surface area contributed by atoms with Crippen LogP contribution in [-0.2, 0) is 4.74 Å². The highest BCUT2D eigenvalue weighted by molar-refractivity contribution is 4.77. The number of nitrogens with one attached hydrogen (secondary N) is 1. The smallest absolute Gasteiger partial charge is 0.0699 e. The molecule has 0 spiro atoms. The van der Waals surface area contributed by atoms with Crippen LogP contribution in [0.1, 0.15) is 38.5 Å². The molecule has 0 aromatic heterocycles. The quantitative estimate of drug-likeness (QED) is 0.740. The van der Waals surface area contributed by atoms with Gasteiger partial charge in [0, 0.05) is 13.2 Å². The Labute approximate surface area is 92.2 Å². The summed E-state index contributed by atoms with van der Waals surface area (Å²) in [7, 11) is 0. The lowest BCUT2D eigenvalue weighted by molar-refractivity contribution is 0.0165. The summed E-state index contributed by atoms with van der Waals surface area (Å²) in [4.78, 5) is 0. The van der Waals surface area contributed by atoms with Gasteiger partial charge in [0.05, 0.1) is 12.2 Å². The van der Waals surface area contributed by atoms with E-state index in [9.17, 15) is 5.11 Å². The van der Waals surface area contributed by atoms with E-state index in [-0.39, 0.29) is 6.10 Å². The van der Waals surface area contributed by atoms with Crippen LogP contribution in [0.4, 0.5) is 0 Å². The molecule has 1 aliphatic carbocycles. The second-order valence-corrected chi connectivity index (χ2v) is 4.98. The summed E-state index contributed by atoms with van der Waals surface area (Å²) >= 11 is 0. The molecule has 1 aliphatic heterocycles. The van der Waals surface area contributed by atoms with Crippen LogP contribution in [-0.4, -0.2) is 37.0 Å². The van der Waals surface area contributed by atoms with Crippen molar-refractivity contribution in [3.63, 3.8) is 0 Å². The van der Waals surface area contributed by atoms with Crippen molar-refractivity contribution in [1.82, 2.24) is 5.32 Å². The fourth-order valence-corrected chi connectivity index (χ4v) is 2.65. The fourth-order valence-electron chi connectivity index (χ4n) is 2.65. The number of ether oxygens (including phenoxy) is 1. The lowest BCUT2D eigenvalue weighted by atomic mass is 10.1. The SMILES string of the molecule is OC1CCC(CNCC2CCCCO2)C1. The Bertz CT molecular complexity index is 176. The van der Waals surface area contributed by atoms with Gasteiger partial charge >= 0.3 is 0 Å². The fraction of sp³-hybridized carbons (Fsp3) is 1.00. The Kier molecular flexibility index (Phi) is 4.42. The first-order chi connectivity index (χ1) is 7.34. The molecule has 2 fully saturated rings. The summed E-state index contributed by atoms with van der Waals surface area (Å²) in [6.07, 6.45) is 7.30. The van der Waals surface area contributed by atoms with Gasteiger partial charge in [-0.05, 0) is 51.0 Å². The molecule has 1 saturated heterocycles. The summed E-state index contributed by atoms with van der Waals surface area (Å²) in [6, 6.07) is 0. The molecule has 88 valence electrons. The molecule has 2 rings (SSSR count). The Morgan fingerprint density at radius 3 is 2.73 bits per heavy atom. The predicted octanol–water partition coefficient (Wildman–Crippen LogP) is 1.31. The second kappa shape index (κ2) is 5.83. The Hall–Kier alpha value is -0.120. The standard InChI is InChI=1S/C12H23NO2/c14-11-5-4-10(7-11)8-13-9-12-3-1-2-6-15-12/h10-14H,1-9H2. The molecular weight excluding hydrogens is 190 g/mol. The van der Waals surface area contributed by atoms with Crippen molar-refractivity contribution in [2.45, 2.75) is 50.7 Å². The van der Waals surface area contributed by atoms with Gasteiger partial charge in [0.25, 0.3) is 0 Å². The van der Waals surface area contributed by atoms with E-state index in [0.29, 0.717) is 12.0 Å². The van der Waals surface area contributed by atoms with Crippen molar-refractivity contribution >= 4 is 0 Å². The van der Waals surface area contributed by atoms with Crippen LogP contribution in [0.2, 0.25) is 0 Å². The minimum atomic E-state index is -0.0391. The summed E-state index contributed by atoms with van der Waals surface area (Å²) in [5.41, 5.74) is 0. The molecule has 1 saturated carbocycles. The van der Waals surface area contributed by atoms with Gasteiger partial charge in [-0.1, -0.05) is 0 Å². The van der Waals surface area contributed by atoms with Crippen molar-refractivity contribution in [2.75, 3.05) is 19.7 Å². The average Bonchev–Trinajstić information content (AvgIpc) is 2.66. The number of hydrogen-bond acceptors (Lipinski definition) is 3. The van der Waals surface area contributed by atoms with Crippen molar-refractivity contribution in [3.05, 3.63) is 0 Å².